The lowest BCUT2D eigenvalue weighted by Crippen LogP contribution is -2.06. The minimum atomic E-state index is -0.558. The Balaban J connectivity index is 2.04. The predicted molar refractivity (Wildman–Crippen MR) is 68.1 cm³/mol. The van der Waals surface area contributed by atoms with E-state index in [0.717, 1.165) is 12.8 Å². The van der Waals surface area contributed by atoms with Gasteiger partial charge in [0.05, 0.1) is 16.8 Å². The highest BCUT2D eigenvalue weighted by atomic mass is 35.5. The van der Waals surface area contributed by atoms with E-state index in [-0.39, 0.29) is 22.3 Å². The maximum atomic E-state index is 13.7. The molecule has 1 aliphatic rings. The SMILES string of the molecule is Cc1c(C(=O)c2cnoc2C2CC2)ccc(Cl)c1F. The topological polar surface area (TPSA) is 43.1 Å². The van der Waals surface area contributed by atoms with Gasteiger partial charge in [0.25, 0.3) is 0 Å². The normalized spacial score (nSPS) is 14.7. The van der Waals surface area contributed by atoms with E-state index in [1.54, 1.807) is 6.92 Å². The van der Waals surface area contributed by atoms with Crippen LogP contribution in [0, 0.1) is 12.7 Å². The molecule has 0 atom stereocenters. The van der Waals surface area contributed by atoms with E-state index >= 15 is 0 Å². The molecule has 0 unspecified atom stereocenters. The molecule has 0 radical (unpaired) electrons. The van der Waals surface area contributed by atoms with Crippen LogP contribution in [0.5, 0.6) is 0 Å². The standard InChI is InChI=1S/C14H11ClFNO2/c1-7-9(4-5-11(15)12(7)16)13(18)10-6-17-19-14(10)8-2-3-8/h4-6,8H,2-3H2,1H3. The Hall–Kier alpha value is -1.68. The number of ketones is 1. The fourth-order valence-electron chi connectivity index (χ4n) is 2.10. The van der Waals surface area contributed by atoms with Gasteiger partial charge in [-0.15, -0.1) is 0 Å². The molecule has 0 amide bonds. The Morgan fingerprint density at radius 1 is 1.42 bits per heavy atom. The summed E-state index contributed by atoms with van der Waals surface area (Å²) in [7, 11) is 0. The molecule has 1 fully saturated rings. The quantitative estimate of drug-likeness (QED) is 0.801. The number of carbonyl (C=O) groups is 1. The number of carbonyl (C=O) groups excluding carboxylic acids is 1. The predicted octanol–water partition coefficient (Wildman–Crippen LogP) is 3.88. The van der Waals surface area contributed by atoms with Crippen molar-refractivity contribution in [3.63, 3.8) is 0 Å². The molecule has 1 aliphatic carbocycles. The van der Waals surface area contributed by atoms with Crippen LogP contribution in [0.4, 0.5) is 4.39 Å². The Morgan fingerprint density at radius 3 is 2.84 bits per heavy atom. The van der Waals surface area contributed by atoms with Gasteiger partial charge < -0.3 is 4.52 Å². The van der Waals surface area contributed by atoms with Gasteiger partial charge >= 0.3 is 0 Å². The van der Waals surface area contributed by atoms with Crippen LogP contribution in [-0.4, -0.2) is 10.9 Å². The summed E-state index contributed by atoms with van der Waals surface area (Å²) < 4.78 is 18.9. The zero-order valence-electron chi connectivity index (χ0n) is 10.2. The molecule has 0 bridgehead atoms. The van der Waals surface area contributed by atoms with E-state index in [1.807, 2.05) is 0 Å². The zero-order valence-corrected chi connectivity index (χ0v) is 11.0. The molecule has 1 aromatic heterocycles. The van der Waals surface area contributed by atoms with Crippen LogP contribution in [0.2, 0.25) is 5.02 Å². The van der Waals surface area contributed by atoms with Gasteiger partial charge in [-0.05, 0) is 37.5 Å². The molecule has 98 valence electrons. The number of rotatable bonds is 3. The van der Waals surface area contributed by atoms with Crippen LogP contribution in [0.3, 0.4) is 0 Å². The summed E-state index contributed by atoms with van der Waals surface area (Å²) in [4.78, 5) is 12.4. The minimum absolute atomic E-state index is 0.0155. The van der Waals surface area contributed by atoms with E-state index in [1.165, 1.54) is 18.3 Å². The molecule has 1 aromatic carbocycles. The maximum Gasteiger partial charge on any atom is 0.198 e. The minimum Gasteiger partial charge on any atom is -0.360 e. The van der Waals surface area contributed by atoms with E-state index in [9.17, 15) is 9.18 Å². The largest absolute Gasteiger partial charge is 0.360 e. The van der Waals surface area contributed by atoms with E-state index < -0.39 is 5.82 Å². The fourth-order valence-corrected chi connectivity index (χ4v) is 2.31. The number of aromatic nitrogens is 1. The molecule has 1 saturated carbocycles. The third-order valence-electron chi connectivity index (χ3n) is 3.37. The van der Waals surface area contributed by atoms with Crippen molar-refractivity contribution in [2.75, 3.05) is 0 Å². The summed E-state index contributed by atoms with van der Waals surface area (Å²) in [5.74, 6) is 0.0619. The summed E-state index contributed by atoms with van der Waals surface area (Å²) in [6.07, 6.45) is 3.41. The van der Waals surface area contributed by atoms with Crippen molar-refractivity contribution in [2.24, 2.45) is 0 Å². The average Bonchev–Trinajstić information content (AvgIpc) is 3.13. The van der Waals surface area contributed by atoms with Gasteiger partial charge in [0.2, 0.25) is 0 Å². The lowest BCUT2D eigenvalue weighted by atomic mass is 9.98. The summed E-state index contributed by atoms with van der Waals surface area (Å²) in [5, 5.41) is 3.70. The van der Waals surface area contributed by atoms with Gasteiger partial charge in [0.15, 0.2) is 11.5 Å². The fraction of sp³-hybridized carbons (Fsp3) is 0.286. The van der Waals surface area contributed by atoms with E-state index in [4.69, 9.17) is 16.1 Å². The number of hydrogen-bond acceptors (Lipinski definition) is 3. The van der Waals surface area contributed by atoms with Crippen LogP contribution < -0.4 is 0 Å². The first-order valence-corrected chi connectivity index (χ1v) is 6.41. The van der Waals surface area contributed by atoms with Crippen molar-refractivity contribution >= 4 is 17.4 Å². The highest BCUT2D eigenvalue weighted by Crippen LogP contribution is 2.42. The van der Waals surface area contributed by atoms with Crippen molar-refractivity contribution in [3.05, 3.63) is 51.6 Å². The summed E-state index contributed by atoms with van der Waals surface area (Å²) in [5.41, 5.74) is 0.972. The lowest BCUT2D eigenvalue weighted by Gasteiger charge is -2.06. The van der Waals surface area contributed by atoms with Gasteiger partial charge in [-0.25, -0.2) is 4.39 Å². The molecular formula is C14H11ClFNO2. The van der Waals surface area contributed by atoms with Crippen molar-refractivity contribution in [1.82, 2.24) is 5.16 Å². The Bertz CT molecular complexity index is 661. The van der Waals surface area contributed by atoms with Crippen molar-refractivity contribution < 1.29 is 13.7 Å². The van der Waals surface area contributed by atoms with Crippen LogP contribution in [0.15, 0.2) is 22.9 Å². The Kier molecular flexibility index (Phi) is 2.90. The van der Waals surface area contributed by atoms with Gasteiger partial charge in [-0.3, -0.25) is 4.79 Å². The molecule has 0 spiro atoms. The Labute approximate surface area is 114 Å². The molecule has 5 heteroatoms. The van der Waals surface area contributed by atoms with Crippen molar-refractivity contribution in [3.8, 4) is 0 Å². The molecular weight excluding hydrogens is 269 g/mol. The first kappa shape index (κ1) is 12.4. The van der Waals surface area contributed by atoms with Crippen LogP contribution >= 0.6 is 11.6 Å². The third-order valence-corrected chi connectivity index (χ3v) is 3.67. The van der Waals surface area contributed by atoms with E-state index in [2.05, 4.69) is 5.16 Å². The first-order chi connectivity index (χ1) is 9.09. The highest BCUT2D eigenvalue weighted by molar-refractivity contribution is 6.31. The third kappa shape index (κ3) is 2.06. The molecule has 0 N–H and O–H groups in total. The number of nitrogens with zero attached hydrogens (tertiary/aromatic N) is 1. The first-order valence-electron chi connectivity index (χ1n) is 6.03. The maximum absolute atomic E-state index is 13.7. The molecule has 2 aromatic rings. The molecule has 0 saturated heterocycles. The number of halogens is 2. The van der Waals surface area contributed by atoms with E-state index in [0.29, 0.717) is 16.9 Å². The molecule has 19 heavy (non-hydrogen) atoms. The number of benzene rings is 1. The zero-order chi connectivity index (χ0) is 13.6. The van der Waals surface area contributed by atoms with Gasteiger partial charge in [-0.1, -0.05) is 16.8 Å². The molecule has 1 heterocycles. The second-order valence-electron chi connectivity index (χ2n) is 4.74. The van der Waals surface area contributed by atoms with Gasteiger partial charge in [0, 0.05) is 11.5 Å². The summed E-state index contributed by atoms with van der Waals surface area (Å²) in [6, 6.07) is 2.92. The van der Waals surface area contributed by atoms with Gasteiger partial charge in [-0.2, -0.15) is 0 Å². The smallest absolute Gasteiger partial charge is 0.198 e. The lowest BCUT2D eigenvalue weighted by molar-refractivity contribution is 0.103. The highest BCUT2D eigenvalue weighted by Gasteiger charge is 2.33. The molecule has 3 rings (SSSR count). The van der Waals surface area contributed by atoms with Crippen molar-refractivity contribution in [2.45, 2.75) is 25.7 Å². The van der Waals surface area contributed by atoms with Crippen LogP contribution in [0.1, 0.15) is 46.0 Å². The molecule has 3 nitrogen and oxygen atoms in total. The average molecular weight is 280 g/mol. The van der Waals surface area contributed by atoms with Crippen LogP contribution in [0.25, 0.3) is 0 Å². The summed E-state index contributed by atoms with van der Waals surface area (Å²) >= 11 is 5.69. The summed E-state index contributed by atoms with van der Waals surface area (Å²) in [6.45, 7) is 1.54. The van der Waals surface area contributed by atoms with Gasteiger partial charge in [0.1, 0.15) is 5.82 Å². The number of hydrogen-bond donors (Lipinski definition) is 0. The van der Waals surface area contributed by atoms with Crippen LogP contribution in [-0.2, 0) is 0 Å². The molecule has 0 aliphatic heterocycles. The Morgan fingerprint density at radius 2 is 2.16 bits per heavy atom. The second-order valence-corrected chi connectivity index (χ2v) is 5.15. The second kappa shape index (κ2) is 4.46. The van der Waals surface area contributed by atoms with Crippen molar-refractivity contribution in [1.29, 1.82) is 0 Å². The monoisotopic (exact) mass is 279 g/mol.